The molecule has 6 nitrogen and oxygen atoms in total. The number of aliphatic carboxylic acids is 1. The van der Waals surface area contributed by atoms with Crippen molar-refractivity contribution < 1.29 is 19.4 Å². The Hall–Kier alpha value is -1.66. The molecule has 0 aliphatic carbocycles. The van der Waals surface area contributed by atoms with Crippen LogP contribution in [0.4, 0.5) is 5.69 Å². The number of carboxylic acids is 1. The molecule has 102 valence electrons. The first kappa shape index (κ1) is 13.8. The average molecular weight is 285 g/mol. The minimum Gasteiger partial charge on any atom is -0.479 e. The highest BCUT2D eigenvalue weighted by molar-refractivity contribution is 6.30. The van der Waals surface area contributed by atoms with Crippen LogP contribution in [0.2, 0.25) is 5.15 Å². The van der Waals surface area contributed by atoms with Crippen LogP contribution in [0.3, 0.4) is 0 Å². The number of halogens is 1. The molecular weight excluding hydrogens is 272 g/mol. The predicted octanol–water partition coefficient (Wildman–Crippen LogP) is 1.61. The monoisotopic (exact) mass is 284 g/mol. The zero-order valence-electron chi connectivity index (χ0n) is 10.2. The number of hydrogen-bond donors (Lipinski definition) is 2. The van der Waals surface area contributed by atoms with Crippen LogP contribution in [0.15, 0.2) is 12.3 Å². The number of ether oxygens (including phenoxy) is 1. The number of pyridine rings is 1. The van der Waals surface area contributed by atoms with Crippen LogP contribution in [0.5, 0.6) is 0 Å². The van der Waals surface area contributed by atoms with Gasteiger partial charge in [-0.05, 0) is 31.4 Å². The highest BCUT2D eigenvalue weighted by atomic mass is 35.5. The quantitative estimate of drug-likeness (QED) is 0.823. The Bertz CT molecular complexity index is 520. The van der Waals surface area contributed by atoms with Crippen LogP contribution in [0.1, 0.15) is 18.4 Å². The van der Waals surface area contributed by atoms with Gasteiger partial charge in [-0.3, -0.25) is 4.79 Å². The van der Waals surface area contributed by atoms with Crippen LogP contribution in [0, 0.1) is 6.92 Å². The van der Waals surface area contributed by atoms with Crippen LogP contribution >= 0.6 is 11.6 Å². The molecule has 1 saturated heterocycles. The number of hydrogen-bond acceptors (Lipinski definition) is 4. The lowest BCUT2D eigenvalue weighted by Gasteiger charge is -2.12. The summed E-state index contributed by atoms with van der Waals surface area (Å²) in [7, 11) is 0. The van der Waals surface area contributed by atoms with E-state index >= 15 is 0 Å². The van der Waals surface area contributed by atoms with Crippen molar-refractivity contribution >= 4 is 29.2 Å². The van der Waals surface area contributed by atoms with E-state index in [1.165, 1.54) is 6.20 Å². The van der Waals surface area contributed by atoms with Crippen LogP contribution in [0.25, 0.3) is 0 Å². The third-order valence-corrected chi connectivity index (χ3v) is 3.27. The highest BCUT2D eigenvalue weighted by Gasteiger charge is 2.34. The van der Waals surface area contributed by atoms with Crippen molar-refractivity contribution in [2.45, 2.75) is 32.0 Å². The SMILES string of the molecule is Cc1cc(NC(=O)C2CCC(C(=O)O)O2)cnc1Cl. The Labute approximate surface area is 114 Å². The average Bonchev–Trinajstić information content (AvgIpc) is 2.83. The number of carbonyl (C=O) groups excluding carboxylic acids is 1. The molecule has 1 amide bonds. The number of rotatable bonds is 3. The molecule has 2 N–H and O–H groups in total. The van der Waals surface area contributed by atoms with Crippen LogP contribution in [-0.2, 0) is 14.3 Å². The minimum atomic E-state index is -1.04. The molecule has 0 aromatic carbocycles. The van der Waals surface area contributed by atoms with E-state index in [2.05, 4.69) is 10.3 Å². The molecule has 1 aromatic rings. The zero-order valence-corrected chi connectivity index (χ0v) is 11.0. The van der Waals surface area contributed by atoms with Gasteiger partial charge in [0.15, 0.2) is 6.10 Å². The van der Waals surface area contributed by atoms with E-state index in [0.29, 0.717) is 23.7 Å². The molecule has 2 unspecified atom stereocenters. The second-order valence-corrected chi connectivity index (χ2v) is 4.71. The lowest BCUT2D eigenvalue weighted by atomic mass is 10.2. The molecule has 2 atom stereocenters. The number of carboxylic acid groups (broad SMARTS) is 1. The van der Waals surface area contributed by atoms with Gasteiger partial charge >= 0.3 is 5.97 Å². The molecule has 0 spiro atoms. The van der Waals surface area contributed by atoms with Crippen molar-refractivity contribution in [1.29, 1.82) is 0 Å². The Kier molecular flexibility index (Phi) is 4.01. The third kappa shape index (κ3) is 3.21. The topological polar surface area (TPSA) is 88.5 Å². The van der Waals surface area contributed by atoms with E-state index in [-0.39, 0.29) is 5.91 Å². The van der Waals surface area contributed by atoms with Gasteiger partial charge in [-0.2, -0.15) is 0 Å². The summed E-state index contributed by atoms with van der Waals surface area (Å²) < 4.78 is 5.15. The van der Waals surface area contributed by atoms with E-state index < -0.39 is 18.2 Å². The number of carbonyl (C=O) groups is 2. The second-order valence-electron chi connectivity index (χ2n) is 4.35. The maximum Gasteiger partial charge on any atom is 0.332 e. The summed E-state index contributed by atoms with van der Waals surface area (Å²) in [4.78, 5) is 26.5. The van der Waals surface area contributed by atoms with Gasteiger partial charge in [-0.1, -0.05) is 11.6 Å². The number of nitrogens with one attached hydrogen (secondary N) is 1. The molecule has 2 rings (SSSR count). The molecule has 0 radical (unpaired) electrons. The second kappa shape index (κ2) is 5.54. The third-order valence-electron chi connectivity index (χ3n) is 2.87. The lowest BCUT2D eigenvalue weighted by molar-refractivity contribution is -0.150. The number of aryl methyl sites for hydroxylation is 1. The van der Waals surface area contributed by atoms with Crippen LogP contribution in [-0.4, -0.2) is 34.2 Å². The molecule has 1 aromatic heterocycles. The predicted molar refractivity (Wildman–Crippen MR) is 68.1 cm³/mol. The number of anilines is 1. The van der Waals surface area contributed by atoms with Crippen molar-refractivity contribution in [3.05, 3.63) is 23.0 Å². The summed E-state index contributed by atoms with van der Waals surface area (Å²) in [6.07, 6.45) is 0.531. The van der Waals surface area contributed by atoms with Crippen molar-refractivity contribution in [2.75, 3.05) is 5.32 Å². The van der Waals surface area contributed by atoms with Gasteiger partial charge in [0.1, 0.15) is 11.3 Å². The summed E-state index contributed by atoms with van der Waals surface area (Å²) in [6.45, 7) is 1.78. The van der Waals surface area contributed by atoms with Crippen molar-refractivity contribution in [2.24, 2.45) is 0 Å². The fraction of sp³-hybridized carbons (Fsp3) is 0.417. The van der Waals surface area contributed by atoms with Crippen LogP contribution < -0.4 is 5.32 Å². The molecule has 19 heavy (non-hydrogen) atoms. The largest absolute Gasteiger partial charge is 0.479 e. The first-order valence-electron chi connectivity index (χ1n) is 5.78. The van der Waals surface area contributed by atoms with Gasteiger partial charge in [0.2, 0.25) is 0 Å². The van der Waals surface area contributed by atoms with E-state index in [1.54, 1.807) is 13.0 Å². The lowest BCUT2D eigenvalue weighted by Crippen LogP contribution is -2.30. The smallest absolute Gasteiger partial charge is 0.332 e. The normalized spacial score (nSPS) is 22.2. The molecule has 1 fully saturated rings. The molecular formula is C12H13ClN2O4. The molecule has 2 heterocycles. The van der Waals surface area contributed by atoms with Gasteiger partial charge in [-0.25, -0.2) is 9.78 Å². The first-order valence-corrected chi connectivity index (χ1v) is 6.16. The van der Waals surface area contributed by atoms with E-state index in [9.17, 15) is 9.59 Å². The Balaban J connectivity index is 1.98. The maximum atomic E-state index is 11.9. The number of aromatic nitrogens is 1. The summed E-state index contributed by atoms with van der Waals surface area (Å²) in [6, 6.07) is 1.69. The van der Waals surface area contributed by atoms with E-state index in [0.717, 1.165) is 5.56 Å². The van der Waals surface area contributed by atoms with Crippen molar-refractivity contribution in [3.8, 4) is 0 Å². The number of nitrogens with zero attached hydrogens (tertiary/aromatic N) is 1. The Morgan fingerprint density at radius 1 is 1.47 bits per heavy atom. The van der Waals surface area contributed by atoms with Gasteiger partial charge in [-0.15, -0.1) is 0 Å². The van der Waals surface area contributed by atoms with Gasteiger partial charge in [0.05, 0.1) is 11.9 Å². The van der Waals surface area contributed by atoms with Gasteiger partial charge in [0.25, 0.3) is 5.91 Å². The molecule has 0 saturated carbocycles. The molecule has 1 aliphatic heterocycles. The Morgan fingerprint density at radius 3 is 2.74 bits per heavy atom. The van der Waals surface area contributed by atoms with Gasteiger partial charge < -0.3 is 15.2 Å². The fourth-order valence-corrected chi connectivity index (χ4v) is 1.96. The highest BCUT2D eigenvalue weighted by Crippen LogP contribution is 2.22. The first-order chi connectivity index (χ1) is 8.97. The number of amides is 1. The summed E-state index contributed by atoms with van der Waals surface area (Å²) in [5.41, 5.74) is 1.25. The molecule has 0 bridgehead atoms. The molecule has 7 heteroatoms. The van der Waals surface area contributed by atoms with E-state index in [4.69, 9.17) is 21.4 Å². The maximum absolute atomic E-state index is 11.9. The van der Waals surface area contributed by atoms with E-state index in [1.807, 2.05) is 0 Å². The summed E-state index contributed by atoms with van der Waals surface area (Å²) in [5, 5.41) is 11.8. The summed E-state index contributed by atoms with van der Waals surface area (Å²) in [5.74, 6) is -1.41. The summed E-state index contributed by atoms with van der Waals surface area (Å²) >= 11 is 5.78. The van der Waals surface area contributed by atoms with Gasteiger partial charge in [0, 0.05) is 0 Å². The molecule has 1 aliphatic rings. The standard InChI is InChI=1S/C12H13ClN2O4/c1-6-4-7(5-14-10(6)13)15-11(16)8-2-3-9(19-8)12(17)18/h4-5,8-9H,2-3H2,1H3,(H,15,16)(H,17,18). The van der Waals surface area contributed by atoms with Crippen molar-refractivity contribution in [3.63, 3.8) is 0 Å². The Morgan fingerprint density at radius 2 is 2.16 bits per heavy atom. The zero-order chi connectivity index (χ0) is 14.0. The van der Waals surface area contributed by atoms with Crippen molar-refractivity contribution in [1.82, 2.24) is 4.98 Å². The fourth-order valence-electron chi connectivity index (χ4n) is 1.86. The minimum absolute atomic E-state index is 0.339.